The van der Waals surface area contributed by atoms with Crippen molar-refractivity contribution in [2.24, 2.45) is 0 Å². The van der Waals surface area contributed by atoms with Gasteiger partial charge < -0.3 is 0 Å². The first kappa shape index (κ1) is 9.05. The third-order valence-electron chi connectivity index (χ3n) is 2.62. The van der Waals surface area contributed by atoms with Crippen LogP contribution >= 0.6 is 0 Å². The first-order valence-corrected chi connectivity index (χ1v) is 4.27. The smallest absolute Gasteiger partial charge is 0.0201 e. The second-order valence-corrected chi connectivity index (χ2v) is 3.38. The fourth-order valence-electron chi connectivity index (χ4n) is 1.62. The van der Waals surface area contributed by atoms with Crippen LogP contribution in [0.5, 0.6) is 0 Å². The third kappa shape index (κ3) is 1.29. The Bertz CT molecular complexity index is 319. The second-order valence-electron chi connectivity index (χ2n) is 3.38. The third-order valence-corrected chi connectivity index (χ3v) is 2.62. The van der Waals surface area contributed by atoms with Crippen molar-refractivity contribution >= 4 is 6.08 Å². The summed E-state index contributed by atoms with van der Waals surface area (Å²) in [6, 6.07) is 2.22. The molecule has 1 rings (SSSR count). The van der Waals surface area contributed by atoms with Gasteiger partial charge in [0.15, 0.2) is 0 Å². The minimum atomic E-state index is 1.29. The molecule has 0 amide bonds. The summed E-state index contributed by atoms with van der Waals surface area (Å²) in [6.45, 7) is 12.4. The van der Waals surface area contributed by atoms with Crippen molar-refractivity contribution in [3.63, 3.8) is 0 Å². The Balaban J connectivity index is 3.51. The summed E-state index contributed by atoms with van der Waals surface area (Å²) in [5.41, 5.74) is 6.73. The van der Waals surface area contributed by atoms with Crippen molar-refractivity contribution in [2.75, 3.05) is 0 Å². The van der Waals surface area contributed by atoms with E-state index in [0.29, 0.717) is 0 Å². The highest BCUT2D eigenvalue weighted by atomic mass is 14.1. The summed E-state index contributed by atoms with van der Waals surface area (Å²) < 4.78 is 0. The number of aryl methyl sites for hydroxylation is 2. The Morgan fingerprint density at radius 3 is 2.08 bits per heavy atom. The van der Waals surface area contributed by atoms with Crippen molar-refractivity contribution in [2.45, 2.75) is 27.7 Å². The van der Waals surface area contributed by atoms with Crippen molar-refractivity contribution in [3.8, 4) is 0 Å². The molecule has 12 heavy (non-hydrogen) atoms. The zero-order valence-corrected chi connectivity index (χ0v) is 8.36. The molecule has 1 aromatic carbocycles. The molecule has 0 heteroatoms. The van der Waals surface area contributed by atoms with Crippen molar-refractivity contribution < 1.29 is 0 Å². The highest BCUT2D eigenvalue weighted by Gasteiger charge is 2.03. The molecule has 0 saturated heterocycles. The number of hydrogen-bond donors (Lipinski definition) is 0. The van der Waals surface area contributed by atoms with Crippen molar-refractivity contribution in [1.82, 2.24) is 0 Å². The van der Waals surface area contributed by atoms with Crippen LogP contribution in [0.1, 0.15) is 27.8 Å². The largest absolute Gasteiger partial charge is 0.0985 e. The molecule has 0 aliphatic carbocycles. The summed E-state index contributed by atoms with van der Waals surface area (Å²) in [5, 5.41) is 0. The molecule has 0 spiro atoms. The van der Waals surface area contributed by atoms with Gasteiger partial charge in [-0.3, -0.25) is 0 Å². The number of hydrogen-bond acceptors (Lipinski definition) is 0. The topological polar surface area (TPSA) is 0 Å². The lowest BCUT2D eigenvalue weighted by atomic mass is 9.94. The minimum absolute atomic E-state index is 1.29. The molecule has 0 bridgehead atoms. The van der Waals surface area contributed by atoms with Gasteiger partial charge in [-0.1, -0.05) is 18.7 Å². The van der Waals surface area contributed by atoms with Gasteiger partial charge in [0.1, 0.15) is 0 Å². The highest BCUT2D eigenvalue weighted by Crippen LogP contribution is 2.21. The lowest BCUT2D eigenvalue weighted by Crippen LogP contribution is -1.93. The van der Waals surface area contributed by atoms with E-state index in [2.05, 4.69) is 40.3 Å². The lowest BCUT2D eigenvalue weighted by molar-refractivity contribution is 1.22. The van der Waals surface area contributed by atoms with Gasteiger partial charge in [-0.2, -0.15) is 0 Å². The maximum absolute atomic E-state index is 3.82. The van der Waals surface area contributed by atoms with E-state index in [4.69, 9.17) is 0 Å². The molecule has 0 atom stereocenters. The van der Waals surface area contributed by atoms with Crippen LogP contribution in [0.4, 0.5) is 0 Å². The quantitative estimate of drug-likeness (QED) is 0.589. The minimum Gasteiger partial charge on any atom is -0.0985 e. The fraction of sp³-hybridized carbons (Fsp3) is 0.333. The van der Waals surface area contributed by atoms with Gasteiger partial charge in [0.25, 0.3) is 0 Å². The predicted molar refractivity (Wildman–Crippen MR) is 55.5 cm³/mol. The molecule has 0 nitrogen and oxygen atoms in total. The summed E-state index contributed by atoms with van der Waals surface area (Å²) in [4.78, 5) is 0. The van der Waals surface area contributed by atoms with Gasteiger partial charge in [-0.05, 0) is 55.5 Å². The Labute approximate surface area is 74.9 Å². The molecule has 0 radical (unpaired) electrons. The Morgan fingerprint density at radius 1 is 1.00 bits per heavy atom. The van der Waals surface area contributed by atoms with Crippen LogP contribution in [0.3, 0.4) is 0 Å². The normalized spacial score (nSPS) is 10.0. The van der Waals surface area contributed by atoms with E-state index in [1.54, 1.807) is 0 Å². The molecule has 0 unspecified atom stereocenters. The average molecular weight is 160 g/mol. The molecule has 1 aromatic rings. The van der Waals surface area contributed by atoms with Crippen LogP contribution in [0.25, 0.3) is 6.08 Å². The van der Waals surface area contributed by atoms with Crippen LogP contribution in [0, 0.1) is 27.7 Å². The standard InChI is InChI=1S/C12H16/c1-6-12-9(3)7-8(2)10(4)11(12)5/h6-7H,1H2,2-5H3. The first-order valence-electron chi connectivity index (χ1n) is 4.27. The molecule has 0 aliphatic heterocycles. The molecule has 0 aromatic heterocycles. The molecule has 0 fully saturated rings. The van der Waals surface area contributed by atoms with Gasteiger partial charge in [-0.25, -0.2) is 0 Å². The van der Waals surface area contributed by atoms with Crippen LogP contribution < -0.4 is 0 Å². The van der Waals surface area contributed by atoms with Crippen LogP contribution in [0.2, 0.25) is 0 Å². The molecule has 0 heterocycles. The zero-order valence-electron chi connectivity index (χ0n) is 8.36. The number of benzene rings is 1. The maximum Gasteiger partial charge on any atom is -0.0201 e. The van der Waals surface area contributed by atoms with E-state index in [9.17, 15) is 0 Å². The van der Waals surface area contributed by atoms with E-state index in [-0.39, 0.29) is 0 Å². The van der Waals surface area contributed by atoms with E-state index in [0.717, 1.165) is 0 Å². The first-order chi connectivity index (χ1) is 5.57. The van der Waals surface area contributed by atoms with Gasteiger partial charge >= 0.3 is 0 Å². The van der Waals surface area contributed by atoms with Crippen LogP contribution in [0.15, 0.2) is 12.6 Å². The molecule has 0 N–H and O–H groups in total. The average Bonchev–Trinajstić information content (AvgIpc) is 2.01. The Hall–Kier alpha value is -1.04. The summed E-state index contributed by atoms with van der Waals surface area (Å²) in [6.07, 6.45) is 1.94. The zero-order chi connectivity index (χ0) is 9.30. The SMILES string of the molecule is C=Cc1c(C)cc(C)c(C)c1C. The molecule has 0 aliphatic rings. The molecule has 0 saturated carbocycles. The Kier molecular flexibility index (Phi) is 2.37. The monoisotopic (exact) mass is 160 g/mol. The van der Waals surface area contributed by atoms with Crippen LogP contribution in [-0.4, -0.2) is 0 Å². The summed E-state index contributed by atoms with van der Waals surface area (Å²) in [7, 11) is 0. The molecule has 64 valence electrons. The van der Waals surface area contributed by atoms with Crippen LogP contribution in [-0.2, 0) is 0 Å². The van der Waals surface area contributed by atoms with E-state index >= 15 is 0 Å². The lowest BCUT2D eigenvalue weighted by Gasteiger charge is -2.11. The molecular formula is C12H16. The summed E-state index contributed by atoms with van der Waals surface area (Å²) >= 11 is 0. The highest BCUT2D eigenvalue weighted by molar-refractivity contribution is 5.59. The van der Waals surface area contributed by atoms with Gasteiger partial charge in [0.05, 0.1) is 0 Å². The van der Waals surface area contributed by atoms with E-state index in [1.165, 1.54) is 27.8 Å². The fourth-order valence-corrected chi connectivity index (χ4v) is 1.62. The predicted octanol–water partition coefficient (Wildman–Crippen LogP) is 3.56. The Morgan fingerprint density at radius 2 is 1.58 bits per heavy atom. The van der Waals surface area contributed by atoms with Gasteiger partial charge in [-0.15, -0.1) is 0 Å². The van der Waals surface area contributed by atoms with E-state index < -0.39 is 0 Å². The second kappa shape index (κ2) is 3.14. The van der Waals surface area contributed by atoms with Crippen molar-refractivity contribution in [1.29, 1.82) is 0 Å². The summed E-state index contributed by atoms with van der Waals surface area (Å²) in [5.74, 6) is 0. The number of rotatable bonds is 1. The maximum atomic E-state index is 3.82. The van der Waals surface area contributed by atoms with E-state index in [1.807, 2.05) is 6.08 Å². The van der Waals surface area contributed by atoms with Gasteiger partial charge in [0, 0.05) is 0 Å². The van der Waals surface area contributed by atoms with Gasteiger partial charge in [0.2, 0.25) is 0 Å². The molecular weight excluding hydrogens is 144 g/mol. The van der Waals surface area contributed by atoms with Crippen molar-refractivity contribution in [3.05, 3.63) is 40.5 Å².